The van der Waals surface area contributed by atoms with Crippen LogP contribution in [0.3, 0.4) is 0 Å². The van der Waals surface area contributed by atoms with Gasteiger partial charge in [0.15, 0.2) is 18.3 Å². The minimum atomic E-state index is -2.27. The first kappa shape index (κ1) is 33.8. The molecule has 1 aliphatic rings. The number of anilines is 1. The molecule has 0 saturated carbocycles. The number of carbonyl (C=O) groups is 4. The highest BCUT2D eigenvalue weighted by Crippen LogP contribution is 2.47. The number of carboxylic acid groups (broad SMARTS) is 2. The molecule has 1 heterocycles. The Hall–Kier alpha value is -3.36. The van der Waals surface area contributed by atoms with E-state index in [1.807, 2.05) is 43.4 Å². The smallest absolute Gasteiger partial charge is 0.335 e. The van der Waals surface area contributed by atoms with Gasteiger partial charge >= 0.3 is 17.9 Å². The maximum atomic E-state index is 13.7. The van der Waals surface area contributed by atoms with Gasteiger partial charge in [-0.25, -0.2) is 9.59 Å². The van der Waals surface area contributed by atoms with Gasteiger partial charge < -0.3 is 39.7 Å². The van der Waals surface area contributed by atoms with Crippen molar-refractivity contribution in [2.45, 2.75) is 42.3 Å². The van der Waals surface area contributed by atoms with Crippen LogP contribution < -0.4 is 9.64 Å². The summed E-state index contributed by atoms with van der Waals surface area (Å²) >= 11 is 7.77. The van der Waals surface area contributed by atoms with Crippen LogP contribution in [0, 0.1) is 0 Å². The number of amides is 1. The number of rotatable bonds is 10. The number of nitrogens with zero attached hydrogens (tertiary/aromatic N) is 2. The largest absolute Gasteiger partial charge is 0.497 e. The van der Waals surface area contributed by atoms with Crippen LogP contribution in [-0.4, -0.2) is 101 Å². The van der Waals surface area contributed by atoms with Gasteiger partial charge in [-0.05, 0) is 49.5 Å². The molecule has 0 saturated heterocycles. The van der Waals surface area contributed by atoms with Crippen LogP contribution in [0.5, 0.6) is 5.75 Å². The molecule has 12 nitrogen and oxygen atoms in total. The SMILES string of the molecule is CCN(C)CCN1C(=O)[C@@H](OC(C)=O)[C@@H](c2ccc(OC)cc2)Sc2cc(Cl)ccc21.O=C(O)C(O)C(O)C(=O)O. The number of esters is 1. The Bertz CT molecular complexity index is 1210. The Balaban J connectivity index is 0.000000503. The van der Waals surface area contributed by atoms with Crippen LogP contribution in [0.2, 0.25) is 5.02 Å². The summed E-state index contributed by atoms with van der Waals surface area (Å²) in [4.78, 5) is 49.9. The number of fused-ring (bicyclic) bond motifs is 1. The molecule has 224 valence electrons. The normalized spacial score (nSPS) is 17.9. The molecule has 4 atom stereocenters. The number of aliphatic hydroxyl groups is 2. The van der Waals surface area contributed by atoms with E-state index in [1.165, 1.54) is 18.7 Å². The summed E-state index contributed by atoms with van der Waals surface area (Å²) in [6.07, 6.45) is -5.50. The van der Waals surface area contributed by atoms with Crippen molar-refractivity contribution in [1.82, 2.24) is 4.90 Å². The van der Waals surface area contributed by atoms with Crippen molar-refractivity contribution in [1.29, 1.82) is 0 Å². The molecule has 4 N–H and O–H groups in total. The van der Waals surface area contributed by atoms with E-state index in [-0.39, 0.29) is 5.91 Å². The zero-order valence-corrected chi connectivity index (χ0v) is 24.5. The Morgan fingerprint density at radius 1 is 1.07 bits per heavy atom. The van der Waals surface area contributed by atoms with Crippen molar-refractivity contribution >= 4 is 52.9 Å². The van der Waals surface area contributed by atoms with E-state index in [9.17, 15) is 19.2 Å². The third-order valence-electron chi connectivity index (χ3n) is 6.04. The number of carboxylic acids is 2. The number of benzene rings is 2. The molecular weight excluding hydrogens is 580 g/mol. The van der Waals surface area contributed by atoms with Gasteiger partial charge in [0.05, 0.1) is 18.0 Å². The van der Waals surface area contributed by atoms with Crippen LogP contribution in [0.4, 0.5) is 5.69 Å². The molecule has 0 bridgehead atoms. The molecular formula is C27H33ClN2O10S. The lowest BCUT2D eigenvalue weighted by Gasteiger charge is -2.29. The van der Waals surface area contributed by atoms with E-state index in [0.29, 0.717) is 23.9 Å². The first-order valence-corrected chi connectivity index (χ1v) is 13.6. The van der Waals surface area contributed by atoms with Crippen molar-refractivity contribution in [3.05, 3.63) is 53.1 Å². The zero-order chi connectivity index (χ0) is 30.9. The quantitative estimate of drug-likeness (QED) is 0.289. The number of likely N-dealkylation sites (N-methyl/N-ethyl adjacent to an activating group) is 1. The Morgan fingerprint density at radius 3 is 2.15 bits per heavy atom. The molecule has 2 aromatic carbocycles. The van der Waals surface area contributed by atoms with E-state index in [2.05, 4.69) is 11.8 Å². The fraction of sp³-hybridized carbons (Fsp3) is 0.407. The van der Waals surface area contributed by atoms with Gasteiger partial charge in [0.1, 0.15) is 5.75 Å². The van der Waals surface area contributed by atoms with Crippen molar-refractivity contribution in [3.8, 4) is 5.75 Å². The Kier molecular flexibility index (Phi) is 12.9. The molecule has 1 aliphatic heterocycles. The second kappa shape index (κ2) is 15.6. The highest BCUT2D eigenvalue weighted by Gasteiger charge is 2.41. The van der Waals surface area contributed by atoms with Crippen molar-refractivity contribution in [3.63, 3.8) is 0 Å². The predicted molar refractivity (Wildman–Crippen MR) is 151 cm³/mol. The molecule has 14 heteroatoms. The van der Waals surface area contributed by atoms with E-state index in [4.69, 9.17) is 41.5 Å². The van der Waals surface area contributed by atoms with Gasteiger partial charge in [0.2, 0.25) is 0 Å². The third kappa shape index (κ3) is 9.33. The summed E-state index contributed by atoms with van der Waals surface area (Å²) in [5.41, 5.74) is 1.64. The highest BCUT2D eigenvalue weighted by atomic mass is 35.5. The van der Waals surface area contributed by atoms with Gasteiger partial charge in [0.25, 0.3) is 5.91 Å². The van der Waals surface area contributed by atoms with E-state index in [1.54, 1.807) is 18.1 Å². The van der Waals surface area contributed by atoms with E-state index < -0.39 is 41.5 Å². The molecule has 0 fully saturated rings. The van der Waals surface area contributed by atoms with Gasteiger partial charge in [-0.15, -0.1) is 11.8 Å². The summed E-state index contributed by atoms with van der Waals surface area (Å²) in [5, 5.41) is 32.7. The zero-order valence-electron chi connectivity index (χ0n) is 22.9. The maximum Gasteiger partial charge on any atom is 0.335 e. The van der Waals surface area contributed by atoms with Gasteiger partial charge in [-0.3, -0.25) is 9.59 Å². The Morgan fingerprint density at radius 2 is 1.66 bits per heavy atom. The summed E-state index contributed by atoms with van der Waals surface area (Å²) in [6, 6.07) is 13.0. The lowest BCUT2D eigenvalue weighted by molar-refractivity contribution is -0.165. The molecule has 0 radical (unpaired) electrons. The second-order valence-corrected chi connectivity index (χ2v) is 10.5. The van der Waals surface area contributed by atoms with Crippen molar-refractivity contribution in [2.75, 3.05) is 38.7 Å². The lowest BCUT2D eigenvalue weighted by Crippen LogP contribution is -2.45. The highest BCUT2D eigenvalue weighted by molar-refractivity contribution is 7.99. The van der Waals surface area contributed by atoms with Crippen LogP contribution in [-0.2, 0) is 23.9 Å². The predicted octanol–water partition coefficient (Wildman–Crippen LogP) is 2.29. The van der Waals surface area contributed by atoms with E-state index >= 15 is 0 Å². The Labute approximate surface area is 246 Å². The molecule has 1 amide bonds. The van der Waals surface area contributed by atoms with E-state index in [0.717, 1.165) is 22.7 Å². The number of carbonyl (C=O) groups excluding carboxylic acids is 2. The number of aliphatic carboxylic acids is 2. The van der Waals surface area contributed by atoms with Gasteiger partial charge in [0, 0.05) is 29.9 Å². The number of ether oxygens (including phenoxy) is 2. The fourth-order valence-electron chi connectivity index (χ4n) is 3.66. The van der Waals surface area contributed by atoms with Gasteiger partial charge in [-0.1, -0.05) is 30.7 Å². The van der Waals surface area contributed by atoms with Crippen molar-refractivity contribution in [2.24, 2.45) is 0 Å². The summed E-state index contributed by atoms with van der Waals surface area (Å²) < 4.78 is 10.9. The minimum absolute atomic E-state index is 0.242. The first-order chi connectivity index (χ1) is 19.3. The summed E-state index contributed by atoms with van der Waals surface area (Å²) in [7, 11) is 3.60. The molecule has 41 heavy (non-hydrogen) atoms. The standard InChI is InChI=1S/C23H27ClN2O4S.C4H6O6/c1-5-25(3)12-13-26-19-11-8-17(24)14-20(19)31-22(21(23(26)28)30-15(2)27)16-6-9-18(29-4)10-7-16;5-1(3(7)8)2(6)4(9)10/h6-11,14,21-22H,5,12-13H2,1-4H3;1-2,5-6H,(H,7,8)(H,9,10)/t21-,22+;/m0./s1. The first-order valence-electron chi connectivity index (χ1n) is 12.4. The molecule has 0 aliphatic carbocycles. The lowest BCUT2D eigenvalue weighted by atomic mass is 10.1. The van der Waals surface area contributed by atoms with Crippen LogP contribution >= 0.6 is 23.4 Å². The number of halogens is 1. The maximum absolute atomic E-state index is 13.7. The van der Waals surface area contributed by atoms with Gasteiger partial charge in [-0.2, -0.15) is 0 Å². The monoisotopic (exact) mass is 612 g/mol. The number of methoxy groups -OCH3 is 1. The van der Waals surface area contributed by atoms with Crippen LogP contribution in [0.1, 0.15) is 24.7 Å². The van der Waals surface area contributed by atoms with Crippen LogP contribution in [0.25, 0.3) is 0 Å². The molecule has 0 spiro atoms. The summed E-state index contributed by atoms with van der Waals surface area (Å²) in [5.74, 6) is -3.56. The fourth-order valence-corrected chi connectivity index (χ4v) is 5.26. The number of aliphatic hydroxyl groups excluding tert-OH is 2. The molecule has 0 aromatic heterocycles. The van der Waals surface area contributed by atoms with Crippen molar-refractivity contribution < 1.29 is 49.1 Å². The summed E-state index contributed by atoms with van der Waals surface area (Å²) in [6.45, 7) is 5.43. The average molecular weight is 613 g/mol. The second-order valence-electron chi connectivity index (χ2n) is 8.91. The third-order valence-corrected chi connectivity index (χ3v) is 7.63. The molecule has 2 aromatic rings. The number of hydrogen-bond donors (Lipinski definition) is 4. The number of hydrogen-bond acceptors (Lipinski definition) is 10. The average Bonchev–Trinajstić information content (AvgIpc) is 3.04. The molecule has 2 unspecified atom stereocenters. The number of thioether (sulfide) groups is 1. The van der Waals surface area contributed by atoms with Crippen LogP contribution in [0.15, 0.2) is 47.4 Å². The topological polar surface area (TPSA) is 174 Å². The minimum Gasteiger partial charge on any atom is -0.497 e. The molecule has 3 rings (SSSR count).